The Morgan fingerprint density at radius 2 is 2.05 bits per heavy atom. The summed E-state index contributed by atoms with van der Waals surface area (Å²) >= 11 is 0. The number of rotatable bonds is 4. The SMILES string of the molecule is Cc1ccc(NC(=O)CCN2CCN(C)CC2)cn1. The molecule has 1 aliphatic heterocycles. The molecule has 1 aromatic rings. The van der Waals surface area contributed by atoms with E-state index in [1.807, 2.05) is 19.1 Å². The lowest BCUT2D eigenvalue weighted by atomic mass is 10.3. The zero-order chi connectivity index (χ0) is 13.7. The van der Waals surface area contributed by atoms with Crippen molar-refractivity contribution < 1.29 is 4.79 Å². The van der Waals surface area contributed by atoms with Crippen LogP contribution in [0, 0.1) is 6.92 Å². The molecule has 1 aliphatic rings. The highest BCUT2D eigenvalue weighted by atomic mass is 16.1. The minimum atomic E-state index is 0.0598. The fourth-order valence-electron chi connectivity index (χ4n) is 2.10. The highest BCUT2D eigenvalue weighted by Crippen LogP contribution is 2.06. The van der Waals surface area contributed by atoms with Crippen molar-refractivity contribution in [1.82, 2.24) is 14.8 Å². The average Bonchev–Trinajstić information content (AvgIpc) is 2.41. The lowest BCUT2D eigenvalue weighted by molar-refractivity contribution is -0.116. The van der Waals surface area contributed by atoms with Crippen LogP contribution in [0.25, 0.3) is 0 Å². The second-order valence-corrected chi connectivity index (χ2v) is 5.13. The second-order valence-electron chi connectivity index (χ2n) is 5.13. The lowest BCUT2D eigenvalue weighted by Gasteiger charge is -2.32. The quantitative estimate of drug-likeness (QED) is 0.878. The van der Waals surface area contributed by atoms with Crippen LogP contribution in [0.5, 0.6) is 0 Å². The van der Waals surface area contributed by atoms with Crippen LogP contribution in [0.2, 0.25) is 0 Å². The number of piperazine rings is 1. The first-order valence-corrected chi connectivity index (χ1v) is 6.77. The van der Waals surface area contributed by atoms with Crippen LogP contribution < -0.4 is 5.32 Å². The number of anilines is 1. The van der Waals surface area contributed by atoms with E-state index in [4.69, 9.17) is 0 Å². The first kappa shape index (κ1) is 14.0. The molecular formula is C14H22N4O. The van der Waals surface area contributed by atoms with Gasteiger partial charge in [0, 0.05) is 44.8 Å². The van der Waals surface area contributed by atoms with Gasteiger partial charge in [0.05, 0.1) is 11.9 Å². The molecule has 2 rings (SSSR count). The van der Waals surface area contributed by atoms with Gasteiger partial charge in [0.2, 0.25) is 5.91 Å². The van der Waals surface area contributed by atoms with Crippen molar-refractivity contribution in [1.29, 1.82) is 0 Å². The van der Waals surface area contributed by atoms with Gasteiger partial charge in [-0.1, -0.05) is 0 Å². The Morgan fingerprint density at radius 1 is 1.32 bits per heavy atom. The van der Waals surface area contributed by atoms with Crippen LogP contribution in [-0.2, 0) is 4.79 Å². The molecule has 0 aliphatic carbocycles. The van der Waals surface area contributed by atoms with Crippen LogP contribution in [0.3, 0.4) is 0 Å². The second kappa shape index (κ2) is 6.63. The molecule has 104 valence electrons. The van der Waals surface area contributed by atoms with Crippen molar-refractivity contribution in [3.05, 3.63) is 24.0 Å². The van der Waals surface area contributed by atoms with E-state index in [1.165, 1.54) is 0 Å². The van der Waals surface area contributed by atoms with Gasteiger partial charge in [-0.15, -0.1) is 0 Å². The summed E-state index contributed by atoms with van der Waals surface area (Å²) in [5.74, 6) is 0.0598. The van der Waals surface area contributed by atoms with Crippen molar-refractivity contribution in [2.45, 2.75) is 13.3 Å². The number of hydrogen-bond acceptors (Lipinski definition) is 4. The summed E-state index contributed by atoms with van der Waals surface area (Å²) in [6.07, 6.45) is 2.24. The number of carbonyl (C=O) groups is 1. The van der Waals surface area contributed by atoms with Gasteiger partial charge in [0.1, 0.15) is 0 Å². The van der Waals surface area contributed by atoms with Crippen molar-refractivity contribution in [3.8, 4) is 0 Å². The molecule has 1 N–H and O–H groups in total. The smallest absolute Gasteiger partial charge is 0.225 e. The van der Waals surface area contributed by atoms with Gasteiger partial charge in [-0.2, -0.15) is 0 Å². The van der Waals surface area contributed by atoms with Gasteiger partial charge in [0.15, 0.2) is 0 Å². The van der Waals surface area contributed by atoms with E-state index in [0.29, 0.717) is 6.42 Å². The molecule has 0 spiro atoms. The van der Waals surface area contributed by atoms with Crippen molar-refractivity contribution in [2.75, 3.05) is 45.1 Å². The number of hydrogen-bond donors (Lipinski definition) is 1. The molecule has 0 atom stereocenters. The van der Waals surface area contributed by atoms with Crippen molar-refractivity contribution in [2.24, 2.45) is 0 Å². The van der Waals surface area contributed by atoms with E-state index in [2.05, 4.69) is 27.1 Å². The molecule has 0 aromatic carbocycles. The first-order valence-electron chi connectivity index (χ1n) is 6.77. The summed E-state index contributed by atoms with van der Waals surface area (Å²) in [6.45, 7) is 7.04. The zero-order valence-electron chi connectivity index (χ0n) is 11.7. The summed E-state index contributed by atoms with van der Waals surface area (Å²) < 4.78 is 0. The number of nitrogens with one attached hydrogen (secondary N) is 1. The minimum Gasteiger partial charge on any atom is -0.325 e. The zero-order valence-corrected chi connectivity index (χ0v) is 11.7. The van der Waals surface area contributed by atoms with Gasteiger partial charge < -0.3 is 15.1 Å². The summed E-state index contributed by atoms with van der Waals surface area (Å²) in [7, 11) is 2.13. The average molecular weight is 262 g/mol. The molecule has 5 nitrogen and oxygen atoms in total. The van der Waals surface area contributed by atoms with Crippen LogP contribution >= 0.6 is 0 Å². The van der Waals surface area contributed by atoms with E-state index in [1.54, 1.807) is 6.20 Å². The maximum absolute atomic E-state index is 11.8. The van der Waals surface area contributed by atoms with Crippen LogP contribution in [0.4, 0.5) is 5.69 Å². The monoisotopic (exact) mass is 262 g/mol. The number of likely N-dealkylation sites (N-methyl/N-ethyl adjacent to an activating group) is 1. The number of aromatic nitrogens is 1. The van der Waals surface area contributed by atoms with E-state index < -0.39 is 0 Å². The van der Waals surface area contributed by atoms with E-state index in [0.717, 1.165) is 44.1 Å². The number of amides is 1. The topological polar surface area (TPSA) is 48.5 Å². The number of pyridine rings is 1. The number of nitrogens with zero attached hydrogens (tertiary/aromatic N) is 3. The first-order chi connectivity index (χ1) is 9.13. The summed E-state index contributed by atoms with van der Waals surface area (Å²) in [4.78, 5) is 20.6. The number of carbonyl (C=O) groups excluding carboxylic acids is 1. The Balaban J connectivity index is 1.71. The Bertz CT molecular complexity index is 410. The molecule has 2 heterocycles. The Hall–Kier alpha value is -1.46. The summed E-state index contributed by atoms with van der Waals surface area (Å²) in [6, 6.07) is 3.78. The molecule has 0 saturated carbocycles. The lowest BCUT2D eigenvalue weighted by Crippen LogP contribution is -2.45. The van der Waals surface area contributed by atoms with Crippen LogP contribution in [-0.4, -0.2) is 60.5 Å². The third-order valence-electron chi connectivity index (χ3n) is 3.45. The van der Waals surface area contributed by atoms with E-state index in [-0.39, 0.29) is 5.91 Å². The molecule has 1 aromatic heterocycles. The van der Waals surface area contributed by atoms with E-state index in [9.17, 15) is 4.79 Å². The Morgan fingerprint density at radius 3 is 2.68 bits per heavy atom. The molecule has 5 heteroatoms. The molecule has 1 amide bonds. The standard InChI is InChI=1S/C14H22N4O/c1-12-3-4-13(11-15-12)16-14(19)5-6-18-9-7-17(2)8-10-18/h3-4,11H,5-10H2,1-2H3,(H,16,19). The number of aryl methyl sites for hydroxylation is 1. The fraction of sp³-hybridized carbons (Fsp3) is 0.571. The highest BCUT2D eigenvalue weighted by Gasteiger charge is 2.14. The molecular weight excluding hydrogens is 240 g/mol. The van der Waals surface area contributed by atoms with Gasteiger partial charge in [-0.05, 0) is 26.1 Å². The Labute approximate surface area is 114 Å². The third kappa shape index (κ3) is 4.61. The minimum absolute atomic E-state index is 0.0598. The molecule has 0 bridgehead atoms. The molecule has 0 radical (unpaired) electrons. The fourth-order valence-corrected chi connectivity index (χ4v) is 2.10. The van der Waals surface area contributed by atoms with E-state index >= 15 is 0 Å². The summed E-state index contributed by atoms with van der Waals surface area (Å²) in [5.41, 5.74) is 1.73. The van der Waals surface area contributed by atoms with Crippen molar-refractivity contribution >= 4 is 11.6 Å². The maximum Gasteiger partial charge on any atom is 0.225 e. The van der Waals surface area contributed by atoms with Crippen LogP contribution in [0.1, 0.15) is 12.1 Å². The predicted molar refractivity (Wildman–Crippen MR) is 76.2 cm³/mol. The van der Waals surface area contributed by atoms with Crippen LogP contribution in [0.15, 0.2) is 18.3 Å². The maximum atomic E-state index is 11.8. The highest BCUT2D eigenvalue weighted by molar-refractivity contribution is 5.90. The normalized spacial score (nSPS) is 17.4. The summed E-state index contributed by atoms with van der Waals surface area (Å²) in [5, 5.41) is 2.88. The molecule has 0 unspecified atom stereocenters. The molecule has 1 fully saturated rings. The van der Waals surface area contributed by atoms with Gasteiger partial charge in [0.25, 0.3) is 0 Å². The molecule has 1 saturated heterocycles. The third-order valence-corrected chi connectivity index (χ3v) is 3.45. The van der Waals surface area contributed by atoms with Gasteiger partial charge >= 0.3 is 0 Å². The largest absolute Gasteiger partial charge is 0.325 e. The Kier molecular flexibility index (Phi) is 4.87. The van der Waals surface area contributed by atoms with Gasteiger partial charge in [-0.3, -0.25) is 9.78 Å². The predicted octanol–water partition coefficient (Wildman–Crippen LogP) is 0.966. The molecule has 19 heavy (non-hydrogen) atoms. The van der Waals surface area contributed by atoms with Crippen molar-refractivity contribution in [3.63, 3.8) is 0 Å². The van der Waals surface area contributed by atoms with Gasteiger partial charge in [-0.25, -0.2) is 0 Å².